The molecule has 1 aliphatic carbocycles. The second-order valence-corrected chi connectivity index (χ2v) is 7.29. The van der Waals surface area contributed by atoms with Gasteiger partial charge in [0.1, 0.15) is 0 Å². The van der Waals surface area contributed by atoms with Crippen molar-refractivity contribution in [1.29, 1.82) is 0 Å². The Bertz CT molecular complexity index is 372. The smallest absolute Gasteiger partial charge is 0.280 e. The SMILES string of the molecule is CC1CCCC1NS(=O)(=O)N1CCCCC1CN. The molecular weight excluding hydrogens is 250 g/mol. The predicted octanol–water partition coefficient (Wildman–Crippen LogP) is 0.823. The molecule has 0 radical (unpaired) electrons. The number of rotatable bonds is 4. The van der Waals surface area contributed by atoms with Gasteiger partial charge >= 0.3 is 0 Å². The van der Waals surface area contributed by atoms with Gasteiger partial charge in [0.15, 0.2) is 0 Å². The number of nitrogens with zero attached hydrogens (tertiary/aromatic N) is 1. The van der Waals surface area contributed by atoms with Crippen molar-refractivity contribution >= 4 is 10.2 Å². The molecule has 2 rings (SSSR count). The lowest BCUT2D eigenvalue weighted by Gasteiger charge is -2.35. The van der Waals surface area contributed by atoms with Crippen LogP contribution in [0.15, 0.2) is 0 Å². The molecule has 1 aliphatic heterocycles. The molecule has 3 N–H and O–H groups in total. The van der Waals surface area contributed by atoms with Crippen LogP contribution in [0.3, 0.4) is 0 Å². The summed E-state index contributed by atoms with van der Waals surface area (Å²) in [6.07, 6.45) is 6.10. The first-order valence-electron chi connectivity index (χ1n) is 7.04. The number of hydrogen-bond donors (Lipinski definition) is 2. The molecule has 0 aromatic carbocycles. The first-order valence-corrected chi connectivity index (χ1v) is 8.48. The molecule has 1 saturated carbocycles. The van der Waals surface area contributed by atoms with Crippen molar-refractivity contribution in [3.63, 3.8) is 0 Å². The third-order valence-corrected chi connectivity index (χ3v) is 6.01. The van der Waals surface area contributed by atoms with Crippen molar-refractivity contribution in [3.05, 3.63) is 0 Å². The van der Waals surface area contributed by atoms with Crippen molar-refractivity contribution in [2.75, 3.05) is 13.1 Å². The van der Waals surface area contributed by atoms with Crippen molar-refractivity contribution in [2.45, 2.75) is 57.5 Å². The van der Waals surface area contributed by atoms with Crippen LogP contribution in [0.2, 0.25) is 0 Å². The molecule has 1 saturated heterocycles. The average molecular weight is 275 g/mol. The van der Waals surface area contributed by atoms with E-state index in [1.54, 1.807) is 4.31 Å². The minimum Gasteiger partial charge on any atom is -0.329 e. The van der Waals surface area contributed by atoms with E-state index in [0.29, 0.717) is 19.0 Å². The Balaban J connectivity index is 2.04. The fourth-order valence-corrected chi connectivity index (χ4v) is 4.93. The van der Waals surface area contributed by atoms with Crippen molar-refractivity contribution in [3.8, 4) is 0 Å². The minimum atomic E-state index is -3.36. The highest BCUT2D eigenvalue weighted by Crippen LogP contribution is 2.27. The average Bonchev–Trinajstić information content (AvgIpc) is 2.74. The van der Waals surface area contributed by atoms with E-state index in [0.717, 1.165) is 38.5 Å². The molecule has 3 unspecified atom stereocenters. The van der Waals surface area contributed by atoms with Gasteiger partial charge in [-0.2, -0.15) is 17.4 Å². The molecule has 2 fully saturated rings. The first-order chi connectivity index (χ1) is 8.54. The molecule has 2 aliphatic rings. The van der Waals surface area contributed by atoms with E-state index in [9.17, 15) is 8.42 Å². The zero-order valence-electron chi connectivity index (χ0n) is 11.1. The maximum atomic E-state index is 12.4. The summed E-state index contributed by atoms with van der Waals surface area (Å²) in [7, 11) is -3.36. The topological polar surface area (TPSA) is 75.4 Å². The van der Waals surface area contributed by atoms with Crippen LogP contribution in [0.5, 0.6) is 0 Å². The highest BCUT2D eigenvalue weighted by atomic mass is 32.2. The summed E-state index contributed by atoms with van der Waals surface area (Å²) in [5.41, 5.74) is 5.69. The highest BCUT2D eigenvalue weighted by molar-refractivity contribution is 7.87. The van der Waals surface area contributed by atoms with Crippen molar-refractivity contribution < 1.29 is 8.42 Å². The molecule has 1 heterocycles. The second kappa shape index (κ2) is 5.86. The van der Waals surface area contributed by atoms with Gasteiger partial charge in [-0.3, -0.25) is 0 Å². The van der Waals surface area contributed by atoms with Gasteiger partial charge in [-0.1, -0.05) is 19.8 Å². The predicted molar refractivity (Wildman–Crippen MR) is 72.3 cm³/mol. The highest BCUT2D eigenvalue weighted by Gasteiger charge is 2.35. The monoisotopic (exact) mass is 275 g/mol. The molecule has 0 amide bonds. The zero-order chi connectivity index (χ0) is 13.2. The van der Waals surface area contributed by atoms with E-state index in [2.05, 4.69) is 11.6 Å². The van der Waals surface area contributed by atoms with Gasteiger partial charge in [0, 0.05) is 25.2 Å². The number of nitrogens with one attached hydrogen (secondary N) is 1. The molecule has 106 valence electrons. The maximum Gasteiger partial charge on any atom is 0.280 e. The van der Waals surface area contributed by atoms with Gasteiger partial charge in [-0.05, 0) is 31.6 Å². The largest absolute Gasteiger partial charge is 0.329 e. The fourth-order valence-electron chi connectivity index (χ4n) is 3.11. The third-order valence-electron chi connectivity index (χ3n) is 4.32. The quantitative estimate of drug-likeness (QED) is 0.797. The minimum absolute atomic E-state index is 0.0204. The molecule has 3 atom stereocenters. The van der Waals surface area contributed by atoms with Crippen LogP contribution in [-0.2, 0) is 10.2 Å². The van der Waals surface area contributed by atoms with E-state index in [-0.39, 0.29) is 12.1 Å². The van der Waals surface area contributed by atoms with Crippen LogP contribution in [0.1, 0.15) is 45.4 Å². The standard InChI is InChI=1S/C12H25N3O2S/c1-10-5-4-7-12(10)14-18(16,17)15-8-3-2-6-11(15)9-13/h10-12,14H,2-9,13H2,1H3. The summed E-state index contributed by atoms with van der Waals surface area (Å²) in [5.74, 6) is 0.445. The second-order valence-electron chi connectivity index (χ2n) is 5.63. The molecule has 0 spiro atoms. The third kappa shape index (κ3) is 3.04. The normalized spacial score (nSPS) is 34.9. The Morgan fingerprint density at radius 3 is 2.61 bits per heavy atom. The van der Waals surface area contributed by atoms with E-state index in [4.69, 9.17) is 5.73 Å². The molecule has 18 heavy (non-hydrogen) atoms. The van der Waals surface area contributed by atoms with Crippen molar-refractivity contribution in [2.24, 2.45) is 11.7 Å². The lowest BCUT2D eigenvalue weighted by atomic mass is 10.1. The lowest BCUT2D eigenvalue weighted by Crippen LogP contribution is -2.54. The molecule has 6 heteroatoms. The molecule has 0 bridgehead atoms. The lowest BCUT2D eigenvalue weighted by molar-refractivity contribution is 0.251. The molecule has 0 aromatic heterocycles. The van der Waals surface area contributed by atoms with E-state index >= 15 is 0 Å². The number of nitrogens with two attached hydrogens (primary N) is 1. The summed E-state index contributed by atoms with van der Waals surface area (Å²) in [6, 6.07) is 0.0864. The fraction of sp³-hybridized carbons (Fsp3) is 1.00. The van der Waals surface area contributed by atoms with Gasteiger partial charge in [0.2, 0.25) is 0 Å². The Kier molecular flexibility index (Phi) is 4.64. The summed E-state index contributed by atoms with van der Waals surface area (Å²) >= 11 is 0. The number of hydrogen-bond acceptors (Lipinski definition) is 3. The van der Waals surface area contributed by atoms with Crippen LogP contribution in [0.4, 0.5) is 0 Å². The van der Waals surface area contributed by atoms with Gasteiger partial charge in [-0.15, -0.1) is 0 Å². The van der Waals surface area contributed by atoms with Gasteiger partial charge in [0.25, 0.3) is 10.2 Å². The van der Waals surface area contributed by atoms with Gasteiger partial charge in [-0.25, -0.2) is 0 Å². The van der Waals surface area contributed by atoms with Gasteiger partial charge in [0.05, 0.1) is 0 Å². The Morgan fingerprint density at radius 1 is 1.22 bits per heavy atom. The zero-order valence-corrected chi connectivity index (χ0v) is 12.0. The Hall–Kier alpha value is -0.170. The van der Waals surface area contributed by atoms with Crippen molar-refractivity contribution in [1.82, 2.24) is 9.03 Å². The summed E-state index contributed by atoms with van der Waals surface area (Å²) in [4.78, 5) is 0. The van der Waals surface area contributed by atoms with Gasteiger partial charge < -0.3 is 5.73 Å². The van der Waals surface area contributed by atoms with Crippen LogP contribution in [0.25, 0.3) is 0 Å². The first kappa shape index (κ1) is 14.2. The summed E-state index contributed by atoms with van der Waals surface area (Å²) in [6.45, 7) is 3.15. The van der Waals surface area contributed by atoms with Crippen LogP contribution in [-0.4, -0.2) is 37.9 Å². The van der Waals surface area contributed by atoms with Crippen LogP contribution in [0, 0.1) is 5.92 Å². The Morgan fingerprint density at radius 2 is 2.00 bits per heavy atom. The summed E-state index contributed by atoms with van der Waals surface area (Å²) in [5, 5.41) is 0. The summed E-state index contributed by atoms with van der Waals surface area (Å²) < 4.78 is 29.3. The molecular formula is C12H25N3O2S. The van der Waals surface area contributed by atoms with E-state index in [1.165, 1.54) is 0 Å². The Labute approximate surface area is 110 Å². The maximum absolute atomic E-state index is 12.4. The van der Waals surface area contributed by atoms with E-state index in [1.807, 2.05) is 0 Å². The van der Waals surface area contributed by atoms with E-state index < -0.39 is 10.2 Å². The molecule has 0 aromatic rings. The van der Waals surface area contributed by atoms with Crippen LogP contribution < -0.4 is 10.5 Å². The van der Waals surface area contributed by atoms with Crippen LogP contribution >= 0.6 is 0 Å². The molecule has 5 nitrogen and oxygen atoms in total. The number of piperidine rings is 1.